The van der Waals surface area contributed by atoms with E-state index < -0.39 is 0 Å². The molecule has 122 valence electrons. The highest BCUT2D eigenvalue weighted by molar-refractivity contribution is 5.79. The summed E-state index contributed by atoms with van der Waals surface area (Å²) in [6, 6.07) is 6.08. The topological polar surface area (TPSA) is 59.0 Å². The highest BCUT2D eigenvalue weighted by atomic mass is 19.1. The Morgan fingerprint density at radius 2 is 2.17 bits per heavy atom. The lowest BCUT2D eigenvalue weighted by Gasteiger charge is -2.17. The van der Waals surface area contributed by atoms with Gasteiger partial charge in [-0.25, -0.2) is 9.07 Å². The van der Waals surface area contributed by atoms with Crippen LogP contribution in [0.4, 0.5) is 4.39 Å². The maximum Gasteiger partial charge on any atom is 0.224 e. The standard InChI is InChI=1S/C17H21FN4O/c1-11(21-17(23)13-7-8-19-9-13)16-10-20-22(12(16)2)15-5-3-14(18)4-6-15/h3-6,10-11,13,19H,7-9H2,1-2H3,(H,21,23). The quantitative estimate of drug-likeness (QED) is 0.908. The Labute approximate surface area is 134 Å². The molecule has 1 aromatic heterocycles. The van der Waals surface area contributed by atoms with E-state index in [1.807, 2.05) is 13.8 Å². The van der Waals surface area contributed by atoms with Gasteiger partial charge in [0.2, 0.25) is 5.91 Å². The second kappa shape index (κ2) is 6.50. The van der Waals surface area contributed by atoms with Gasteiger partial charge in [0.1, 0.15) is 5.82 Å². The van der Waals surface area contributed by atoms with Gasteiger partial charge in [0.25, 0.3) is 0 Å². The fourth-order valence-corrected chi connectivity index (χ4v) is 2.98. The van der Waals surface area contributed by atoms with E-state index in [0.29, 0.717) is 0 Å². The molecule has 2 atom stereocenters. The number of hydrogen-bond acceptors (Lipinski definition) is 3. The molecule has 6 heteroatoms. The van der Waals surface area contributed by atoms with Gasteiger partial charge in [0.05, 0.1) is 23.8 Å². The van der Waals surface area contributed by atoms with Crippen molar-refractivity contribution in [2.45, 2.75) is 26.3 Å². The summed E-state index contributed by atoms with van der Waals surface area (Å²) in [4.78, 5) is 12.2. The molecule has 0 bridgehead atoms. The SMILES string of the molecule is Cc1c(C(C)NC(=O)C2CCNC2)cnn1-c1ccc(F)cc1. The first-order valence-corrected chi connectivity index (χ1v) is 7.88. The molecule has 0 aliphatic carbocycles. The highest BCUT2D eigenvalue weighted by Crippen LogP contribution is 2.21. The molecule has 1 amide bonds. The van der Waals surface area contributed by atoms with Gasteiger partial charge < -0.3 is 10.6 Å². The van der Waals surface area contributed by atoms with Crippen LogP contribution in [-0.4, -0.2) is 28.8 Å². The number of aromatic nitrogens is 2. The molecule has 2 aromatic rings. The predicted octanol–water partition coefficient (Wildman–Crippen LogP) is 2.11. The molecule has 1 saturated heterocycles. The van der Waals surface area contributed by atoms with Gasteiger partial charge in [-0.15, -0.1) is 0 Å². The van der Waals surface area contributed by atoms with E-state index in [9.17, 15) is 9.18 Å². The molecule has 0 radical (unpaired) electrons. The van der Waals surface area contributed by atoms with Crippen molar-refractivity contribution in [2.75, 3.05) is 13.1 Å². The van der Waals surface area contributed by atoms with E-state index >= 15 is 0 Å². The molecule has 1 aromatic carbocycles. The first kappa shape index (κ1) is 15.7. The fourth-order valence-electron chi connectivity index (χ4n) is 2.98. The predicted molar refractivity (Wildman–Crippen MR) is 85.8 cm³/mol. The fraction of sp³-hybridized carbons (Fsp3) is 0.412. The van der Waals surface area contributed by atoms with Gasteiger partial charge in [-0.2, -0.15) is 5.10 Å². The average Bonchev–Trinajstić information content (AvgIpc) is 3.18. The molecule has 0 spiro atoms. The summed E-state index contributed by atoms with van der Waals surface area (Å²) in [5.74, 6) is -0.147. The van der Waals surface area contributed by atoms with Crippen molar-refractivity contribution in [3.8, 4) is 5.69 Å². The number of hydrogen-bond donors (Lipinski definition) is 2. The van der Waals surface area contributed by atoms with Gasteiger partial charge in [-0.1, -0.05) is 0 Å². The minimum Gasteiger partial charge on any atom is -0.349 e. The van der Waals surface area contributed by atoms with Gasteiger partial charge in [-0.3, -0.25) is 4.79 Å². The Hall–Kier alpha value is -2.21. The second-order valence-electron chi connectivity index (χ2n) is 5.99. The molecule has 3 rings (SSSR count). The third-order valence-electron chi connectivity index (χ3n) is 4.38. The maximum absolute atomic E-state index is 13.0. The first-order chi connectivity index (χ1) is 11.1. The van der Waals surface area contributed by atoms with Crippen LogP contribution in [0.3, 0.4) is 0 Å². The lowest BCUT2D eigenvalue weighted by atomic mass is 10.1. The van der Waals surface area contributed by atoms with Gasteiger partial charge in [0.15, 0.2) is 0 Å². The van der Waals surface area contributed by atoms with Crippen molar-refractivity contribution in [2.24, 2.45) is 5.92 Å². The number of amides is 1. The molecule has 2 N–H and O–H groups in total. The zero-order valence-corrected chi connectivity index (χ0v) is 13.3. The Morgan fingerprint density at radius 3 is 2.83 bits per heavy atom. The summed E-state index contributed by atoms with van der Waals surface area (Å²) < 4.78 is 14.8. The summed E-state index contributed by atoms with van der Waals surface area (Å²) in [7, 11) is 0. The summed E-state index contributed by atoms with van der Waals surface area (Å²) in [5, 5.41) is 10.6. The molecular weight excluding hydrogens is 295 g/mol. The lowest BCUT2D eigenvalue weighted by Crippen LogP contribution is -2.34. The first-order valence-electron chi connectivity index (χ1n) is 7.88. The van der Waals surface area contributed by atoms with Crippen LogP contribution in [0.1, 0.15) is 30.6 Å². The van der Waals surface area contributed by atoms with Crippen LogP contribution in [-0.2, 0) is 4.79 Å². The Balaban J connectivity index is 1.75. The van der Waals surface area contributed by atoms with Gasteiger partial charge in [-0.05, 0) is 51.1 Å². The van der Waals surface area contributed by atoms with Crippen LogP contribution < -0.4 is 10.6 Å². The van der Waals surface area contributed by atoms with E-state index in [1.165, 1.54) is 12.1 Å². The van der Waals surface area contributed by atoms with Crippen molar-refractivity contribution in [1.29, 1.82) is 0 Å². The number of nitrogens with one attached hydrogen (secondary N) is 2. The third kappa shape index (κ3) is 3.27. The molecular formula is C17H21FN4O. The molecule has 0 saturated carbocycles. The maximum atomic E-state index is 13.0. The zero-order valence-electron chi connectivity index (χ0n) is 13.3. The van der Waals surface area contributed by atoms with Gasteiger partial charge in [0, 0.05) is 17.8 Å². The molecule has 5 nitrogen and oxygen atoms in total. The minimum atomic E-state index is -0.274. The molecule has 2 unspecified atom stereocenters. The largest absolute Gasteiger partial charge is 0.349 e. The van der Waals surface area contributed by atoms with Crippen LogP contribution in [0.2, 0.25) is 0 Å². The van der Waals surface area contributed by atoms with Crippen molar-refractivity contribution < 1.29 is 9.18 Å². The summed E-state index contributed by atoms with van der Waals surface area (Å²) in [6.45, 7) is 5.55. The number of carbonyl (C=O) groups is 1. The second-order valence-corrected chi connectivity index (χ2v) is 5.99. The number of carbonyl (C=O) groups excluding carboxylic acids is 1. The molecule has 1 aliphatic rings. The van der Waals surface area contributed by atoms with Crippen LogP contribution in [0, 0.1) is 18.7 Å². The Kier molecular flexibility index (Phi) is 4.43. The Bertz CT molecular complexity index is 689. The summed E-state index contributed by atoms with van der Waals surface area (Å²) in [6.07, 6.45) is 2.64. The van der Waals surface area contributed by atoms with Crippen LogP contribution >= 0.6 is 0 Å². The molecule has 1 fully saturated rings. The van der Waals surface area contributed by atoms with E-state index in [4.69, 9.17) is 0 Å². The number of halogens is 1. The van der Waals surface area contributed by atoms with Gasteiger partial charge >= 0.3 is 0 Å². The van der Waals surface area contributed by atoms with Crippen LogP contribution in [0.5, 0.6) is 0 Å². The summed E-state index contributed by atoms with van der Waals surface area (Å²) >= 11 is 0. The Morgan fingerprint density at radius 1 is 1.43 bits per heavy atom. The van der Waals surface area contributed by atoms with E-state index in [0.717, 1.165) is 36.5 Å². The minimum absolute atomic E-state index is 0.0462. The lowest BCUT2D eigenvalue weighted by molar-refractivity contribution is -0.125. The van der Waals surface area contributed by atoms with Crippen LogP contribution in [0.15, 0.2) is 30.5 Å². The van der Waals surface area contributed by atoms with Crippen LogP contribution in [0.25, 0.3) is 5.69 Å². The molecule has 2 heterocycles. The highest BCUT2D eigenvalue weighted by Gasteiger charge is 2.24. The number of benzene rings is 1. The average molecular weight is 316 g/mol. The number of rotatable bonds is 4. The van der Waals surface area contributed by atoms with Crippen molar-refractivity contribution in [1.82, 2.24) is 20.4 Å². The number of nitrogens with zero attached hydrogens (tertiary/aromatic N) is 2. The molecule has 23 heavy (non-hydrogen) atoms. The third-order valence-corrected chi connectivity index (χ3v) is 4.38. The zero-order chi connectivity index (χ0) is 16.4. The van der Waals surface area contributed by atoms with E-state index in [-0.39, 0.29) is 23.7 Å². The normalized spacial score (nSPS) is 18.8. The van der Waals surface area contributed by atoms with E-state index in [1.54, 1.807) is 23.0 Å². The van der Waals surface area contributed by atoms with E-state index in [2.05, 4.69) is 15.7 Å². The smallest absolute Gasteiger partial charge is 0.224 e. The summed E-state index contributed by atoms with van der Waals surface area (Å²) in [5.41, 5.74) is 2.70. The molecule has 1 aliphatic heterocycles. The van der Waals surface area contributed by atoms with Crippen molar-refractivity contribution >= 4 is 5.91 Å². The monoisotopic (exact) mass is 316 g/mol. The van der Waals surface area contributed by atoms with Crippen molar-refractivity contribution in [3.05, 3.63) is 47.5 Å². The van der Waals surface area contributed by atoms with Crippen molar-refractivity contribution in [3.63, 3.8) is 0 Å².